The van der Waals surface area contributed by atoms with E-state index in [2.05, 4.69) is 36.5 Å². The van der Waals surface area contributed by atoms with E-state index < -0.39 is 6.09 Å². The molecule has 0 aliphatic carbocycles. The average Bonchev–Trinajstić information content (AvgIpc) is 2.20. The number of pyridine rings is 1. The number of aromatic nitrogens is 1. The van der Waals surface area contributed by atoms with Gasteiger partial charge in [-0.05, 0) is 28.9 Å². The second-order valence-electron chi connectivity index (χ2n) is 2.56. The van der Waals surface area contributed by atoms with Crippen molar-refractivity contribution in [2.24, 2.45) is 0 Å². The van der Waals surface area contributed by atoms with E-state index >= 15 is 0 Å². The molecular weight excluding hydrogens is 264 g/mol. The van der Waals surface area contributed by atoms with Crippen LogP contribution in [0.4, 0.5) is 16.3 Å². The Bertz CT molecular complexity index is 358. The number of hydrazine groups is 1. The Hall–Kier alpha value is -1.50. The molecule has 15 heavy (non-hydrogen) atoms. The molecule has 0 radical (unpaired) electrons. The number of ether oxygens (including phenoxy) is 1. The van der Waals surface area contributed by atoms with E-state index in [1.165, 1.54) is 0 Å². The smallest absolute Gasteiger partial charge is 0.425 e. The van der Waals surface area contributed by atoms with Gasteiger partial charge in [0.15, 0.2) is 0 Å². The maximum absolute atomic E-state index is 10.9. The Morgan fingerprint density at radius 1 is 1.73 bits per heavy atom. The summed E-state index contributed by atoms with van der Waals surface area (Å²) < 4.78 is 5.40. The minimum absolute atomic E-state index is 0.287. The van der Waals surface area contributed by atoms with Gasteiger partial charge in [0.2, 0.25) is 0 Å². The van der Waals surface area contributed by atoms with Gasteiger partial charge in [0.25, 0.3) is 0 Å². The van der Waals surface area contributed by atoms with Crippen molar-refractivity contribution in [3.8, 4) is 0 Å². The number of amides is 1. The summed E-state index contributed by atoms with van der Waals surface area (Å²) in [6.07, 6.45) is 0.988. The molecule has 1 heterocycles. The zero-order valence-electron chi connectivity index (χ0n) is 8.08. The van der Waals surface area contributed by atoms with Crippen LogP contribution in [0.2, 0.25) is 0 Å². The Kier molecular flexibility index (Phi) is 4.17. The molecule has 1 amide bonds. The highest BCUT2D eigenvalue weighted by Gasteiger charge is 2.03. The zero-order chi connectivity index (χ0) is 11.3. The molecule has 0 atom stereocenters. The molecule has 0 aromatic carbocycles. The van der Waals surface area contributed by atoms with Gasteiger partial charge in [-0.1, -0.05) is 0 Å². The third kappa shape index (κ3) is 3.62. The summed E-state index contributed by atoms with van der Waals surface area (Å²) in [5.74, 6) is 0.287. The summed E-state index contributed by atoms with van der Waals surface area (Å²) in [4.78, 5) is 14.8. The van der Waals surface area contributed by atoms with Gasteiger partial charge < -0.3 is 10.5 Å². The highest BCUT2D eigenvalue weighted by Crippen LogP contribution is 2.19. The van der Waals surface area contributed by atoms with E-state index in [4.69, 9.17) is 5.73 Å². The average molecular weight is 275 g/mol. The Morgan fingerprint density at radius 2 is 2.47 bits per heavy atom. The van der Waals surface area contributed by atoms with Crippen LogP contribution >= 0.6 is 15.9 Å². The molecule has 0 aliphatic rings. The van der Waals surface area contributed by atoms with Crippen molar-refractivity contribution in [2.75, 3.05) is 17.8 Å². The van der Waals surface area contributed by atoms with Gasteiger partial charge in [0, 0.05) is 10.7 Å². The molecule has 0 spiro atoms. The SMILES string of the molecule is CCOC(=O)NNc1cc(Br)cnc1N. The van der Waals surface area contributed by atoms with E-state index in [1.807, 2.05) is 0 Å². The number of rotatable bonds is 3. The lowest BCUT2D eigenvalue weighted by Crippen LogP contribution is -2.30. The van der Waals surface area contributed by atoms with Crippen LogP contribution in [0.1, 0.15) is 6.92 Å². The number of nitrogens with one attached hydrogen (secondary N) is 2. The van der Waals surface area contributed by atoms with Crippen LogP contribution in [-0.4, -0.2) is 17.7 Å². The number of carbonyl (C=O) groups excluding carboxylic acids is 1. The highest BCUT2D eigenvalue weighted by molar-refractivity contribution is 9.10. The molecule has 0 saturated carbocycles. The van der Waals surface area contributed by atoms with Gasteiger partial charge >= 0.3 is 6.09 Å². The molecule has 0 unspecified atom stereocenters. The van der Waals surface area contributed by atoms with Crippen LogP contribution in [0.15, 0.2) is 16.7 Å². The van der Waals surface area contributed by atoms with Crippen LogP contribution in [0, 0.1) is 0 Å². The summed E-state index contributed by atoms with van der Waals surface area (Å²) in [6, 6.07) is 1.69. The van der Waals surface area contributed by atoms with Gasteiger partial charge in [-0.25, -0.2) is 15.2 Å². The van der Waals surface area contributed by atoms with Crippen molar-refractivity contribution < 1.29 is 9.53 Å². The first kappa shape index (κ1) is 11.6. The summed E-state index contributed by atoms with van der Waals surface area (Å²) in [5, 5.41) is 0. The Morgan fingerprint density at radius 3 is 3.13 bits per heavy atom. The summed E-state index contributed by atoms with van der Waals surface area (Å²) in [7, 11) is 0. The number of hydrogen-bond donors (Lipinski definition) is 3. The van der Waals surface area contributed by atoms with Crippen LogP contribution in [0.25, 0.3) is 0 Å². The standard InChI is InChI=1S/C8H11BrN4O2/c1-2-15-8(14)13-12-6-3-5(9)4-11-7(6)10/h3-4,12H,2H2,1H3,(H2,10,11)(H,13,14). The Balaban J connectivity index is 2.57. The van der Waals surface area contributed by atoms with E-state index in [0.717, 1.165) is 4.47 Å². The van der Waals surface area contributed by atoms with Gasteiger partial charge in [-0.15, -0.1) is 0 Å². The molecule has 1 aromatic rings. The summed E-state index contributed by atoms with van der Waals surface area (Å²) in [6.45, 7) is 2.02. The maximum atomic E-state index is 10.9. The van der Waals surface area contributed by atoms with E-state index in [1.54, 1.807) is 19.2 Å². The maximum Gasteiger partial charge on any atom is 0.425 e. The third-order valence-electron chi connectivity index (χ3n) is 1.46. The van der Waals surface area contributed by atoms with Crippen LogP contribution in [0.3, 0.4) is 0 Å². The first-order chi connectivity index (χ1) is 7.13. The number of halogens is 1. The van der Waals surface area contributed by atoms with Gasteiger partial charge in [-0.2, -0.15) is 0 Å². The molecule has 1 aromatic heterocycles. The lowest BCUT2D eigenvalue weighted by Gasteiger charge is -2.09. The molecule has 0 fully saturated rings. The highest BCUT2D eigenvalue weighted by atomic mass is 79.9. The number of carbonyl (C=O) groups is 1. The number of anilines is 2. The summed E-state index contributed by atoms with van der Waals surface area (Å²) in [5.41, 5.74) is 11.0. The lowest BCUT2D eigenvalue weighted by molar-refractivity contribution is 0.154. The second-order valence-corrected chi connectivity index (χ2v) is 3.47. The second kappa shape index (κ2) is 5.40. The number of nitrogen functional groups attached to an aromatic ring is 1. The molecule has 0 aliphatic heterocycles. The van der Waals surface area contributed by atoms with Gasteiger partial charge in [0.1, 0.15) is 5.82 Å². The van der Waals surface area contributed by atoms with Crippen molar-refractivity contribution >= 4 is 33.5 Å². The third-order valence-corrected chi connectivity index (χ3v) is 1.89. The lowest BCUT2D eigenvalue weighted by atomic mass is 10.4. The van der Waals surface area contributed by atoms with E-state index in [-0.39, 0.29) is 5.82 Å². The molecule has 1 rings (SSSR count). The number of nitrogens with two attached hydrogens (primary N) is 1. The van der Waals surface area contributed by atoms with E-state index in [0.29, 0.717) is 12.3 Å². The quantitative estimate of drug-likeness (QED) is 0.727. The first-order valence-electron chi connectivity index (χ1n) is 4.23. The first-order valence-corrected chi connectivity index (χ1v) is 5.02. The number of hydrogen-bond acceptors (Lipinski definition) is 5. The molecule has 4 N–H and O–H groups in total. The Labute approximate surface area is 95.3 Å². The molecule has 0 bridgehead atoms. The minimum atomic E-state index is -0.572. The summed E-state index contributed by atoms with van der Waals surface area (Å²) >= 11 is 3.23. The monoisotopic (exact) mass is 274 g/mol. The largest absolute Gasteiger partial charge is 0.449 e. The van der Waals surface area contributed by atoms with Crippen molar-refractivity contribution in [1.82, 2.24) is 10.4 Å². The fraction of sp³-hybridized carbons (Fsp3) is 0.250. The molecule has 7 heteroatoms. The normalized spacial score (nSPS) is 9.47. The van der Waals surface area contributed by atoms with Crippen molar-refractivity contribution in [1.29, 1.82) is 0 Å². The van der Waals surface area contributed by atoms with Crippen LogP contribution in [-0.2, 0) is 4.74 Å². The van der Waals surface area contributed by atoms with Gasteiger partial charge in [-0.3, -0.25) is 5.43 Å². The zero-order valence-corrected chi connectivity index (χ0v) is 9.67. The molecule has 6 nitrogen and oxygen atoms in total. The number of nitrogens with zero attached hydrogens (tertiary/aromatic N) is 1. The van der Waals surface area contributed by atoms with Gasteiger partial charge in [0.05, 0.1) is 12.3 Å². The van der Waals surface area contributed by atoms with Crippen molar-refractivity contribution in [3.05, 3.63) is 16.7 Å². The van der Waals surface area contributed by atoms with E-state index in [9.17, 15) is 4.79 Å². The molecule has 0 saturated heterocycles. The van der Waals surface area contributed by atoms with Crippen LogP contribution < -0.4 is 16.6 Å². The molecular formula is C8H11BrN4O2. The van der Waals surface area contributed by atoms with Crippen molar-refractivity contribution in [2.45, 2.75) is 6.92 Å². The van der Waals surface area contributed by atoms with Crippen LogP contribution in [0.5, 0.6) is 0 Å². The predicted molar refractivity (Wildman–Crippen MR) is 60.1 cm³/mol. The topological polar surface area (TPSA) is 89.3 Å². The van der Waals surface area contributed by atoms with Crippen molar-refractivity contribution in [3.63, 3.8) is 0 Å². The fourth-order valence-electron chi connectivity index (χ4n) is 0.836. The molecule has 82 valence electrons. The fourth-order valence-corrected chi connectivity index (χ4v) is 1.17. The minimum Gasteiger partial charge on any atom is -0.449 e. The predicted octanol–water partition coefficient (Wildman–Crippen LogP) is 1.50.